The predicted octanol–water partition coefficient (Wildman–Crippen LogP) is 2.67. The average molecular weight is 415 g/mol. The van der Waals surface area contributed by atoms with Crippen LogP contribution in [0.25, 0.3) is 0 Å². The lowest BCUT2D eigenvalue weighted by molar-refractivity contribution is 0.0596. The summed E-state index contributed by atoms with van der Waals surface area (Å²) in [6.45, 7) is 6.00. The van der Waals surface area contributed by atoms with Crippen molar-refractivity contribution in [1.82, 2.24) is 9.47 Å². The van der Waals surface area contributed by atoms with Gasteiger partial charge in [0.15, 0.2) is 11.5 Å². The summed E-state index contributed by atoms with van der Waals surface area (Å²) in [5.74, 6) is 1.11. The van der Waals surface area contributed by atoms with Crippen molar-refractivity contribution in [3.63, 3.8) is 0 Å². The van der Waals surface area contributed by atoms with E-state index in [-0.39, 0.29) is 23.1 Å². The molecule has 1 aromatic heterocycles. The third-order valence-corrected chi connectivity index (χ3v) is 5.51. The first-order valence-corrected chi connectivity index (χ1v) is 10.3. The maximum Gasteiger partial charge on any atom is 0.263 e. The lowest BCUT2D eigenvalue weighted by Crippen LogP contribution is -2.37. The van der Waals surface area contributed by atoms with E-state index in [9.17, 15) is 9.59 Å². The Hall–Kier alpha value is -2.80. The highest BCUT2D eigenvalue weighted by molar-refractivity contribution is 5.95. The molecule has 1 unspecified atom stereocenters. The van der Waals surface area contributed by atoms with Crippen LogP contribution in [-0.2, 0) is 17.7 Å². The van der Waals surface area contributed by atoms with Crippen LogP contribution >= 0.6 is 0 Å². The number of likely N-dealkylation sites (tertiary alicyclic amines) is 1. The highest BCUT2D eigenvalue weighted by Crippen LogP contribution is 2.27. The van der Waals surface area contributed by atoms with Gasteiger partial charge in [0.25, 0.3) is 11.5 Å². The number of hydrogen-bond acceptors (Lipinski definition) is 5. The van der Waals surface area contributed by atoms with E-state index in [1.54, 1.807) is 29.9 Å². The van der Waals surface area contributed by atoms with Gasteiger partial charge in [0.1, 0.15) is 5.56 Å². The van der Waals surface area contributed by atoms with Crippen LogP contribution in [0.1, 0.15) is 34.8 Å². The van der Waals surface area contributed by atoms with E-state index in [2.05, 4.69) is 0 Å². The van der Waals surface area contributed by atoms with Crippen LogP contribution in [0, 0.1) is 6.92 Å². The molecule has 0 spiro atoms. The molecule has 1 aliphatic rings. The Morgan fingerprint density at radius 2 is 1.93 bits per heavy atom. The van der Waals surface area contributed by atoms with Crippen LogP contribution in [0.15, 0.2) is 35.3 Å². The lowest BCUT2D eigenvalue weighted by atomic mass is 10.1. The molecule has 0 saturated carbocycles. The molecule has 2 heterocycles. The smallest absolute Gasteiger partial charge is 0.263 e. The summed E-state index contributed by atoms with van der Waals surface area (Å²) in [5.41, 5.74) is 1.72. The largest absolute Gasteiger partial charge is 0.493 e. The Kier molecular flexibility index (Phi) is 7.15. The summed E-state index contributed by atoms with van der Waals surface area (Å²) in [6, 6.07) is 7.54. The summed E-state index contributed by atoms with van der Waals surface area (Å²) in [4.78, 5) is 27.8. The number of methoxy groups -OCH3 is 2. The monoisotopic (exact) mass is 414 g/mol. The molecular weight excluding hydrogens is 384 g/mol. The van der Waals surface area contributed by atoms with Gasteiger partial charge in [-0.3, -0.25) is 9.59 Å². The normalized spacial score (nSPS) is 16.0. The zero-order valence-electron chi connectivity index (χ0n) is 18.1. The molecule has 1 fully saturated rings. The van der Waals surface area contributed by atoms with Gasteiger partial charge in [-0.05, 0) is 56.0 Å². The molecule has 0 bridgehead atoms. The number of amides is 1. The van der Waals surface area contributed by atoms with Crippen molar-refractivity contribution < 1.29 is 19.0 Å². The average Bonchev–Trinajstić information content (AvgIpc) is 3.22. The van der Waals surface area contributed by atoms with Crippen molar-refractivity contribution in [2.24, 2.45) is 0 Å². The zero-order chi connectivity index (χ0) is 21.7. The summed E-state index contributed by atoms with van der Waals surface area (Å²) >= 11 is 0. The first-order valence-electron chi connectivity index (χ1n) is 10.3. The van der Waals surface area contributed by atoms with E-state index in [1.807, 2.05) is 38.1 Å². The van der Waals surface area contributed by atoms with Gasteiger partial charge in [-0.1, -0.05) is 6.07 Å². The maximum absolute atomic E-state index is 13.1. The van der Waals surface area contributed by atoms with Gasteiger partial charge >= 0.3 is 0 Å². The molecule has 0 aliphatic carbocycles. The molecule has 2 aromatic rings. The molecular formula is C23H30N2O5. The number of carbonyl (C=O) groups excluding carboxylic acids is 1. The number of pyridine rings is 1. The molecule has 162 valence electrons. The Morgan fingerprint density at radius 1 is 1.17 bits per heavy atom. The molecule has 0 N–H and O–H groups in total. The fraction of sp³-hybridized carbons (Fsp3) is 0.478. The predicted molar refractivity (Wildman–Crippen MR) is 115 cm³/mol. The van der Waals surface area contributed by atoms with Gasteiger partial charge in [0.05, 0.1) is 20.3 Å². The summed E-state index contributed by atoms with van der Waals surface area (Å²) in [5, 5.41) is 0. The van der Waals surface area contributed by atoms with Gasteiger partial charge in [0.2, 0.25) is 0 Å². The SMILES string of the molecule is CCOC1CCN(C(=O)c2c(C)ccn(CCc3ccc(OC)c(OC)c3)c2=O)C1. The summed E-state index contributed by atoms with van der Waals surface area (Å²) < 4.78 is 17.9. The van der Waals surface area contributed by atoms with Crippen LogP contribution in [0.2, 0.25) is 0 Å². The van der Waals surface area contributed by atoms with E-state index in [0.29, 0.717) is 49.7 Å². The first-order chi connectivity index (χ1) is 14.5. The number of hydrogen-bond donors (Lipinski definition) is 0. The molecule has 0 radical (unpaired) electrons. The number of rotatable bonds is 8. The van der Waals surface area contributed by atoms with Gasteiger partial charge in [0, 0.05) is 32.4 Å². The zero-order valence-corrected chi connectivity index (χ0v) is 18.1. The topological polar surface area (TPSA) is 70.0 Å². The van der Waals surface area contributed by atoms with Gasteiger partial charge in [-0.2, -0.15) is 0 Å². The first kappa shape index (κ1) is 21.9. The molecule has 1 amide bonds. The molecule has 3 rings (SSSR count). The molecule has 1 aromatic carbocycles. The van der Waals surface area contributed by atoms with Crippen molar-refractivity contribution in [3.8, 4) is 11.5 Å². The van der Waals surface area contributed by atoms with Crippen molar-refractivity contribution in [1.29, 1.82) is 0 Å². The third kappa shape index (κ3) is 4.67. The molecule has 1 saturated heterocycles. The minimum atomic E-state index is -0.250. The van der Waals surface area contributed by atoms with Gasteiger partial charge in [-0.15, -0.1) is 0 Å². The van der Waals surface area contributed by atoms with Crippen molar-refractivity contribution in [2.45, 2.75) is 39.3 Å². The highest BCUT2D eigenvalue weighted by Gasteiger charge is 2.29. The standard InChI is InChI=1S/C23H30N2O5/c1-5-30-18-10-13-25(15-18)23(27)21-16(2)8-11-24(22(21)26)12-9-17-6-7-19(28-3)20(14-17)29-4/h6-8,11,14,18H,5,9-10,12-13,15H2,1-4H3. The summed E-state index contributed by atoms with van der Waals surface area (Å²) in [7, 11) is 3.19. The van der Waals surface area contributed by atoms with Crippen LogP contribution in [0.5, 0.6) is 11.5 Å². The van der Waals surface area contributed by atoms with Gasteiger partial charge < -0.3 is 23.7 Å². The minimum Gasteiger partial charge on any atom is -0.493 e. The second-order valence-corrected chi connectivity index (χ2v) is 7.43. The summed E-state index contributed by atoms with van der Waals surface area (Å²) in [6.07, 6.45) is 3.24. The van der Waals surface area contributed by atoms with E-state index in [4.69, 9.17) is 14.2 Å². The van der Waals surface area contributed by atoms with Crippen molar-refractivity contribution in [2.75, 3.05) is 33.9 Å². The second kappa shape index (κ2) is 9.80. The molecule has 7 heteroatoms. The fourth-order valence-electron chi connectivity index (χ4n) is 3.83. The Balaban J connectivity index is 1.76. The number of carbonyl (C=O) groups is 1. The minimum absolute atomic E-state index is 0.0512. The maximum atomic E-state index is 13.1. The fourth-order valence-corrected chi connectivity index (χ4v) is 3.83. The lowest BCUT2D eigenvalue weighted by Gasteiger charge is -2.18. The van der Waals surface area contributed by atoms with Crippen LogP contribution in [0.4, 0.5) is 0 Å². The van der Waals surface area contributed by atoms with Gasteiger partial charge in [-0.25, -0.2) is 0 Å². The Labute approximate surface area is 177 Å². The van der Waals surface area contributed by atoms with E-state index in [1.165, 1.54) is 0 Å². The number of aryl methyl sites for hydroxylation is 3. The Bertz CT molecular complexity index is 953. The molecule has 30 heavy (non-hydrogen) atoms. The third-order valence-electron chi connectivity index (χ3n) is 5.51. The number of benzene rings is 1. The van der Waals surface area contributed by atoms with E-state index < -0.39 is 0 Å². The highest BCUT2D eigenvalue weighted by atomic mass is 16.5. The quantitative estimate of drug-likeness (QED) is 0.664. The molecule has 7 nitrogen and oxygen atoms in total. The van der Waals surface area contributed by atoms with Crippen molar-refractivity contribution >= 4 is 5.91 Å². The van der Waals surface area contributed by atoms with Crippen LogP contribution in [0.3, 0.4) is 0 Å². The Morgan fingerprint density at radius 3 is 2.63 bits per heavy atom. The van der Waals surface area contributed by atoms with Crippen molar-refractivity contribution in [3.05, 3.63) is 57.5 Å². The van der Waals surface area contributed by atoms with Crippen LogP contribution < -0.4 is 15.0 Å². The number of ether oxygens (including phenoxy) is 3. The number of aromatic nitrogens is 1. The second-order valence-electron chi connectivity index (χ2n) is 7.43. The van der Waals surface area contributed by atoms with E-state index in [0.717, 1.165) is 12.0 Å². The molecule has 1 aliphatic heterocycles. The molecule has 1 atom stereocenters. The van der Waals surface area contributed by atoms with E-state index >= 15 is 0 Å². The van der Waals surface area contributed by atoms with Crippen LogP contribution in [-0.4, -0.2) is 55.4 Å². The number of nitrogens with zero attached hydrogens (tertiary/aromatic N) is 2.